The van der Waals surface area contributed by atoms with Crippen LogP contribution in [0.4, 0.5) is 0 Å². The first kappa shape index (κ1) is 13.3. The van der Waals surface area contributed by atoms with Crippen LogP contribution in [0.5, 0.6) is 0 Å². The van der Waals surface area contributed by atoms with Crippen LogP contribution in [0.15, 0.2) is 36.4 Å². The molecule has 3 heteroatoms. The van der Waals surface area contributed by atoms with Gasteiger partial charge in [0.1, 0.15) is 5.60 Å². The monoisotopic (exact) mass is 247 g/mol. The molecule has 1 aliphatic heterocycles. The Labute approximate surface area is 108 Å². The summed E-state index contributed by atoms with van der Waals surface area (Å²) in [4.78, 5) is 0. The summed E-state index contributed by atoms with van der Waals surface area (Å²) in [7, 11) is 0. The zero-order valence-electron chi connectivity index (χ0n) is 10.8. The van der Waals surface area contributed by atoms with Gasteiger partial charge in [-0.1, -0.05) is 42.5 Å². The van der Waals surface area contributed by atoms with Gasteiger partial charge in [0, 0.05) is 26.1 Å². The van der Waals surface area contributed by atoms with Crippen molar-refractivity contribution in [2.75, 3.05) is 19.7 Å². The maximum atomic E-state index is 10.3. The second kappa shape index (κ2) is 6.14. The predicted octanol–water partition coefficient (Wildman–Crippen LogP) is 1.83. The van der Waals surface area contributed by atoms with E-state index in [4.69, 9.17) is 4.74 Å². The van der Waals surface area contributed by atoms with Crippen LogP contribution in [-0.2, 0) is 4.74 Å². The fraction of sp³-hybridized carbons (Fsp3) is 0.467. The molecule has 1 fully saturated rings. The highest BCUT2D eigenvalue weighted by Gasteiger charge is 2.38. The summed E-state index contributed by atoms with van der Waals surface area (Å²) in [6, 6.07) is 10.2. The highest BCUT2D eigenvalue weighted by Crippen LogP contribution is 2.24. The largest absolute Gasteiger partial charge is 0.386 e. The van der Waals surface area contributed by atoms with Crippen molar-refractivity contribution in [2.45, 2.75) is 25.0 Å². The zero-order valence-corrected chi connectivity index (χ0v) is 10.8. The van der Waals surface area contributed by atoms with Crippen LogP contribution in [0.1, 0.15) is 18.9 Å². The van der Waals surface area contributed by atoms with Crippen molar-refractivity contribution in [2.24, 2.45) is 0 Å². The minimum atomic E-state index is -0.708. The van der Waals surface area contributed by atoms with Gasteiger partial charge in [-0.15, -0.1) is 0 Å². The highest BCUT2D eigenvalue weighted by atomic mass is 16.5. The van der Waals surface area contributed by atoms with Gasteiger partial charge in [0.15, 0.2) is 0 Å². The molecule has 0 radical (unpaired) electrons. The van der Waals surface area contributed by atoms with Crippen LogP contribution < -0.4 is 5.32 Å². The summed E-state index contributed by atoms with van der Waals surface area (Å²) in [5.41, 5.74) is 0.483. The Morgan fingerprint density at radius 2 is 2.22 bits per heavy atom. The lowest BCUT2D eigenvalue weighted by Gasteiger charge is -2.25. The third kappa shape index (κ3) is 3.42. The van der Waals surface area contributed by atoms with Crippen LogP contribution in [0.3, 0.4) is 0 Å². The quantitative estimate of drug-likeness (QED) is 0.780. The van der Waals surface area contributed by atoms with Crippen LogP contribution in [0.25, 0.3) is 6.08 Å². The van der Waals surface area contributed by atoms with Gasteiger partial charge >= 0.3 is 0 Å². The Kier molecular flexibility index (Phi) is 4.53. The molecule has 0 aromatic heterocycles. The van der Waals surface area contributed by atoms with Crippen molar-refractivity contribution < 1.29 is 9.84 Å². The molecule has 0 aliphatic carbocycles. The number of benzene rings is 1. The molecule has 2 rings (SSSR count). The summed E-state index contributed by atoms with van der Waals surface area (Å²) in [5.74, 6) is 0. The molecule has 0 bridgehead atoms. The fourth-order valence-electron chi connectivity index (χ4n) is 2.13. The molecule has 1 saturated heterocycles. The second-order valence-electron chi connectivity index (χ2n) is 4.81. The van der Waals surface area contributed by atoms with Crippen LogP contribution in [0.2, 0.25) is 0 Å². The third-order valence-corrected chi connectivity index (χ3v) is 3.46. The van der Waals surface area contributed by atoms with Gasteiger partial charge in [0.05, 0.1) is 6.10 Å². The summed E-state index contributed by atoms with van der Waals surface area (Å²) < 4.78 is 5.39. The van der Waals surface area contributed by atoms with Crippen LogP contribution in [-0.4, -0.2) is 36.5 Å². The number of ether oxygens (including phenoxy) is 1. The second-order valence-corrected chi connectivity index (χ2v) is 4.81. The molecule has 2 N–H and O–H groups in total. The molecule has 18 heavy (non-hydrogen) atoms. The Morgan fingerprint density at radius 1 is 1.44 bits per heavy atom. The maximum Gasteiger partial charge on any atom is 0.105 e. The molecule has 2 atom stereocenters. The minimum Gasteiger partial charge on any atom is -0.386 e. The molecule has 0 amide bonds. The standard InChI is InChI=1S/C15H21NO2/c1-13-15(17,9-11-18-13)12-16-10-5-8-14-6-3-2-4-7-14/h2-8,13,16-17H,9-12H2,1H3/b8-5+. The lowest BCUT2D eigenvalue weighted by atomic mass is 9.97. The lowest BCUT2D eigenvalue weighted by molar-refractivity contribution is -0.0255. The van der Waals surface area contributed by atoms with E-state index in [1.165, 1.54) is 5.56 Å². The van der Waals surface area contributed by atoms with E-state index in [9.17, 15) is 5.11 Å². The fourth-order valence-corrected chi connectivity index (χ4v) is 2.13. The average Bonchev–Trinajstić information content (AvgIpc) is 2.71. The smallest absolute Gasteiger partial charge is 0.105 e. The Hall–Kier alpha value is -1.16. The van der Waals surface area contributed by atoms with Gasteiger partial charge in [0.2, 0.25) is 0 Å². The van der Waals surface area contributed by atoms with Gasteiger partial charge in [0.25, 0.3) is 0 Å². The van der Waals surface area contributed by atoms with E-state index >= 15 is 0 Å². The van der Waals surface area contributed by atoms with E-state index in [0.717, 1.165) is 6.54 Å². The zero-order chi connectivity index (χ0) is 12.8. The average molecular weight is 247 g/mol. The van der Waals surface area contributed by atoms with Gasteiger partial charge in [-0.2, -0.15) is 0 Å². The predicted molar refractivity (Wildman–Crippen MR) is 73.3 cm³/mol. The summed E-state index contributed by atoms with van der Waals surface area (Å²) in [6.45, 7) is 3.91. The molecule has 1 aromatic carbocycles. The third-order valence-electron chi connectivity index (χ3n) is 3.46. The van der Waals surface area contributed by atoms with E-state index in [0.29, 0.717) is 19.6 Å². The summed E-state index contributed by atoms with van der Waals surface area (Å²) in [6.07, 6.45) is 4.78. The topological polar surface area (TPSA) is 41.5 Å². The summed E-state index contributed by atoms with van der Waals surface area (Å²) in [5, 5.41) is 13.5. The Bertz CT molecular complexity index is 391. The van der Waals surface area contributed by atoms with Crippen LogP contribution >= 0.6 is 0 Å². The number of hydrogen-bond donors (Lipinski definition) is 2. The summed E-state index contributed by atoms with van der Waals surface area (Å²) >= 11 is 0. The molecule has 2 unspecified atom stereocenters. The van der Waals surface area contributed by atoms with E-state index < -0.39 is 5.60 Å². The molecule has 1 aliphatic rings. The normalized spacial score (nSPS) is 28.0. The van der Waals surface area contributed by atoms with E-state index in [-0.39, 0.29) is 6.10 Å². The van der Waals surface area contributed by atoms with Crippen molar-refractivity contribution in [1.29, 1.82) is 0 Å². The Morgan fingerprint density at radius 3 is 2.89 bits per heavy atom. The van der Waals surface area contributed by atoms with Gasteiger partial charge < -0.3 is 15.2 Å². The van der Waals surface area contributed by atoms with E-state index in [1.54, 1.807) is 0 Å². The van der Waals surface area contributed by atoms with E-state index in [1.807, 2.05) is 25.1 Å². The molecule has 3 nitrogen and oxygen atoms in total. The van der Waals surface area contributed by atoms with Crippen molar-refractivity contribution in [3.63, 3.8) is 0 Å². The van der Waals surface area contributed by atoms with Crippen LogP contribution in [0, 0.1) is 0 Å². The Balaban J connectivity index is 1.72. The van der Waals surface area contributed by atoms with Crippen molar-refractivity contribution in [3.8, 4) is 0 Å². The highest BCUT2D eigenvalue weighted by molar-refractivity contribution is 5.48. The molecule has 0 spiro atoms. The van der Waals surface area contributed by atoms with Crippen molar-refractivity contribution in [1.82, 2.24) is 5.32 Å². The molecular weight excluding hydrogens is 226 g/mol. The van der Waals surface area contributed by atoms with E-state index in [2.05, 4.69) is 29.6 Å². The molecule has 1 aromatic rings. The number of aliphatic hydroxyl groups is 1. The minimum absolute atomic E-state index is 0.0805. The van der Waals surface area contributed by atoms with Gasteiger partial charge in [-0.25, -0.2) is 0 Å². The molecule has 0 saturated carbocycles. The van der Waals surface area contributed by atoms with Crippen molar-refractivity contribution in [3.05, 3.63) is 42.0 Å². The first-order valence-corrected chi connectivity index (χ1v) is 6.47. The first-order valence-electron chi connectivity index (χ1n) is 6.47. The number of nitrogens with one attached hydrogen (secondary N) is 1. The van der Waals surface area contributed by atoms with Crippen molar-refractivity contribution >= 4 is 6.08 Å². The molecule has 1 heterocycles. The first-order chi connectivity index (χ1) is 8.71. The maximum absolute atomic E-state index is 10.3. The number of rotatable bonds is 5. The lowest BCUT2D eigenvalue weighted by Crippen LogP contribution is -2.45. The SMILES string of the molecule is CC1OCCC1(O)CNC/C=C/c1ccccc1. The molecule has 98 valence electrons. The number of hydrogen-bond acceptors (Lipinski definition) is 3. The van der Waals surface area contributed by atoms with Gasteiger partial charge in [-0.05, 0) is 12.5 Å². The molecular formula is C15H21NO2. The van der Waals surface area contributed by atoms with Gasteiger partial charge in [-0.3, -0.25) is 0 Å².